The van der Waals surface area contributed by atoms with Gasteiger partial charge in [-0.1, -0.05) is 60.7 Å². The van der Waals surface area contributed by atoms with Gasteiger partial charge in [0.15, 0.2) is 5.95 Å². The zero-order chi connectivity index (χ0) is 24.1. The van der Waals surface area contributed by atoms with E-state index in [2.05, 4.69) is 20.0 Å². The summed E-state index contributed by atoms with van der Waals surface area (Å²) in [5.41, 5.74) is 10.7. The Morgan fingerprint density at radius 3 is 2.00 bits per heavy atom. The van der Waals surface area contributed by atoms with Crippen LogP contribution in [0.2, 0.25) is 0 Å². The van der Waals surface area contributed by atoms with Gasteiger partial charge >= 0.3 is 6.36 Å². The molecule has 34 heavy (non-hydrogen) atoms. The van der Waals surface area contributed by atoms with Crippen LogP contribution in [0.1, 0.15) is 11.1 Å². The number of hydrogen-bond acceptors (Lipinski definition) is 4. The summed E-state index contributed by atoms with van der Waals surface area (Å²) < 4.78 is 40.7. The molecule has 0 unspecified atom stereocenters. The molecule has 4 N–H and O–H groups in total. The van der Waals surface area contributed by atoms with Crippen molar-refractivity contribution >= 4 is 11.9 Å². The first-order valence-electron chi connectivity index (χ1n) is 10.4. The number of nitrogens with one attached hydrogen (secondary N) is 2. The molecule has 0 saturated heterocycles. The normalized spacial score (nSPS) is 11.3. The highest BCUT2D eigenvalue weighted by molar-refractivity contribution is 5.79. The summed E-state index contributed by atoms with van der Waals surface area (Å²) in [7, 11) is 0. The SMILES string of the molecule is Nc1ncc(-c2ccc(CNC(=O)Cc3ccc(-c4ccc(OC(F)(F)F)cc4)cc3)cc2)[nH]1. The third-order valence-corrected chi connectivity index (χ3v) is 5.09. The van der Waals surface area contributed by atoms with Gasteiger partial charge in [-0.15, -0.1) is 13.2 Å². The standard InChI is InChI=1S/C25H21F3N4O2/c26-25(27,28)34-21-11-9-19(10-12-21)18-5-1-16(2-6-18)13-23(33)30-14-17-3-7-20(8-4-17)22-15-31-24(29)32-22/h1-12,15H,13-14H2,(H,30,33)(H3,29,31,32). The number of hydrogen-bond donors (Lipinski definition) is 3. The van der Waals surface area contributed by atoms with Gasteiger partial charge in [0, 0.05) is 6.54 Å². The maximum atomic E-state index is 12.3. The molecule has 0 bridgehead atoms. The number of halogens is 3. The van der Waals surface area contributed by atoms with E-state index in [0.717, 1.165) is 33.5 Å². The Kier molecular flexibility index (Phi) is 6.53. The van der Waals surface area contributed by atoms with Crippen LogP contribution in [0.15, 0.2) is 79.0 Å². The van der Waals surface area contributed by atoms with E-state index in [-0.39, 0.29) is 18.1 Å². The summed E-state index contributed by atoms with van der Waals surface area (Å²) >= 11 is 0. The van der Waals surface area contributed by atoms with Crippen LogP contribution in [0.5, 0.6) is 5.75 Å². The predicted molar refractivity (Wildman–Crippen MR) is 123 cm³/mol. The Morgan fingerprint density at radius 2 is 1.44 bits per heavy atom. The Bertz CT molecular complexity index is 1250. The topological polar surface area (TPSA) is 93.0 Å². The molecule has 0 saturated carbocycles. The number of carbonyl (C=O) groups excluding carboxylic acids is 1. The molecule has 1 amide bonds. The van der Waals surface area contributed by atoms with Crippen molar-refractivity contribution in [1.82, 2.24) is 15.3 Å². The van der Waals surface area contributed by atoms with Gasteiger partial charge in [0.05, 0.1) is 18.3 Å². The van der Waals surface area contributed by atoms with Crippen molar-refractivity contribution in [2.45, 2.75) is 19.3 Å². The highest BCUT2D eigenvalue weighted by Gasteiger charge is 2.30. The number of ether oxygens (including phenoxy) is 1. The second-order valence-electron chi connectivity index (χ2n) is 7.60. The van der Waals surface area contributed by atoms with E-state index in [1.807, 2.05) is 48.5 Å². The van der Waals surface area contributed by atoms with Gasteiger partial charge in [-0.25, -0.2) is 4.98 Å². The van der Waals surface area contributed by atoms with Crippen LogP contribution in [0.3, 0.4) is 0 Å². The van der Waals surface area contributed by atoms with E-state index < -0.39 is 6.36 Å². The molecular formula is C25H21F3N4O2. The average Bonchev–Trinajstić information content (AvgIpc) is 3.24. The number of nitrogens with two attached hydrogens (primary N) is 1. The fourth-order valence-corrected chi connectivity index (χ4v) is 3.40. The Labute approximate surface area is 193 Å². The van der Waals surface area contributed by atoms with E-state index in [1.54, 1.807) is 18.3 Å². The molecule has 0 aliphatic heterocycles. The molecule has 3 aromatic carbocycles. The molecule has 1 aromatic heterocycles. The second kappa shape index (κ2) is 9.70. The molecule has 0 fully saturated rings. The largest absolute Gasteiger partial charge is 0.573 e. The number of alkyl halides is 3. The van der Waals surface area contributed by atoms with Gasteiger partial charge in [-0.3, -0.25) is 4.79 Å². The van der Waals surface area contributed by atoms with Crippen LogP contribution in [0.25, 0.3) is 22.4 Å². The van der Waals surface area contributed by atoms with Crippen molar-refractivity contribution in [2.75, 3.05) is 5.73 Å². The highest BCUT2D eigenvalue weighted by Crippen LogP contribution is 2.26. The van der Waals surface area contributed by atoms with Crippen molar-refractivity contribution in [1.29, 1.82) is 0 Å². The maximum Gasteiger partial charge on any atom is 0.573 e. The summed E-state index contributed by atoms with van der Waals surface area (Å²) in [6.45, 7) is 0.397. The van der Waals surface area contributed by atoms with Gasteiger partial charge in [0.2, 0.25) is 5.91 Å². The lowest BCUT2D eigenvalue weighted by molar-refractivity contribution is -0.274. The molecule has 6 nitrogen and oxygen atoms in total. The summed E-state index contributed by atoms with van der Waals surface area (Å²) in [5, 5.41) is 2.90. The lowest BCUT2D eigenvalue weighted by atomic mass is 10.0. The van der Waals surface area contributed by atoms with E-state index in [1.165, 1.54) is 12.1 Å². The van der Waals surface area contributed by atoms with Crippen molar-refractivity contribution in [3.63, 3.8) is 0 Å². The van der Waals surface area contributed by atoms with Gasteiger partial charge < -0.3 is 20.8 Å². The number of imidazole rings is 1. The summed E-state index contributed by atoms with van der Waals surface area (Å²) in [6.07, 6.45) is -2.85. The molecule has 4 rings (SSSR count). The van der Waals surface area contributed by atoms with Crippen molar-refractivity contribution in [3.05, 3.63) is 90.1 Å². The first-order chi connectivity index (χ1) is 16.2. The van der Waals surface area contributed by atoms with Crippen molar-refractivity contribution < 1.29 is 22.7 Å². The molecule has 0 aliphatic carbocycles. The monoisotopic (exact) mass is 466 g/mol. The maximum absolute atomic E-state index is 12.3. The number of aromatic nitrogens is 2. The smallest absolute Gasteiger partial charge is 0.406 e. The molecule has 0 atom stereocenters. The van der Waals surface area contributed by atoms with E-state index in [0.29, 0.717) is 12.5 Å². The number of anilines is 1. The summed E-state index contributed by atoms with van der Waals surface area (Å²) in [4.78, 5) is 19.3. The minimum Gasteiger partial charge on any atom is -0.406 e. The predicted octanol–water partition coefficient (Wildman–Crippen LogP) is 5.08. The Balaban J connectivity index is 1.29. The fraction of sp³-hybridized carbons (Fsp3) is 0.120. The number of nitrogens with zero attached hydrogens (tertiary/aromatic N) is 1. The first-order valence-corrected chi connectivity index (χ1v) is 10.4. The van der Waals surface area contributed by atoms with Crippen LogP contribution < -0.4 is 15.8 Å². The van der Waals surface area contributed by atoms with Crippen LogP contribution >= 0.6 is 0 Å². The number of benzene rings is 3. The van der Waals surface area contributed by atoms with Gasteiger partial charge in [-0.2, -0.15) is 0 Å². The summed E-state index contributed by atoms with van der Waals surface area (Å²) in [6, 6.07) is 20.6. The van der Waals surface area contributed by atoms with Gasteiger partial charge in [-0.05, 0) is 39.9 Å². The van der Waals surface area contributed by atoms with E-state index in [4.69, 9.17) is 5.73 Å². The molecule has 9 heteroatoms. The van der Waals surface area contributed by atoms with Crippen LogP contribution in [0.4, 0.5) is 19.1 Å². The van der Waals surface area contributed by atoms with Crippen LogP contribution in [-0.4, -0.2) is 22.2 Å². The molecule has 1 heterocycles. The second-order valence-corrected chi connectivity index (χ2v) is 7.60. The molecule has 0 aliphatic rings. The van der Waals surface area contributed by atoms with Gasteiger partial charge in [0.1, 0.15) is 5.75 Å². The molecule has 174 valence electrons. The minimum atomic E-state index is -4.72. The zero-order valence-corrected chi connectivity index (χ0v) is 17.9. The van der Waals surface area contributed by atoms with E-state index >= 15 is 0 Å². The van der Waals surface area contributed by atoms with E-state index in [9.17, 15) is 18.0 Å². The molecule has 0 spiro atoms. The number of aromatic amines is 1. The molecule has 4 aromatic rings. The molecular weight excluding hydrogens is 445 g/mol. The number of carbonyl (C=O) groups is 1. The van der Waals surface area contributed by atoms with Crippen LogP contribution in [0, 0.1) is 0 Å². The fourth-order valence-electron chi connectivity index (χ4n) is 3.40. The first kappa shape index (κ1) is 22.9. The Morgan fingerprint density at radius 1 is 0.882 bits per heavy atom. The quantitative estimate of drug-likeness (QED) is 0.354. The zero-order valence-electron chi connectivity index (χ0n) is 17.9. The third kappa shape index (κ3) is 6.16. The lowest BCUT2D eigenvalue weighted by Crippen LogP contribution is -2.24. The Hall–Kier alpha value is -4.27. The van der Waals surface area contributed by atoms with Crippen molar-refractivity contribution in [2.24, 2.45) is 0 Å². The van der Waals surface area contributed by atoms with Crippen molar-refractivity contribution in [3.8, 4) is 28.1 Å². The number of amides is 1. The minimum absolute atomic E-state index is 0.119. The number of H-pyrrole nitrogens is 1. The van der Waals surface area contributed by atoms with Gasteiger partial charge in [0.25, 0.3) is 0 Å². The van der Waals surface area contributed by atoms with Crippen LogP contribution in [-0.2, 0) is 17.8 Å². The average molecular weight is 466 g/mol. The molecule has 0 radical (unpaired) electrons. The lowest BCUT2D eigenvalue weighted by Gasteiger charge is -2.10. The number of rotatable bonds is 7. The highest BCUT2D eigenvalue weighted by atomic mass is 19.4. The number of nitrogen functional groups attached to an aromatic ring is 1. The summed E-state index contributed by atoms with van der Waals surface area (Å²) in [5.74, 6) is -0.0372. The third-order valence-electron chi connectivity index (χ3n) is 5.09.